The fraction of sp³-hybridized carbons (Fsp3) is 0.200. The molecule has 0 bridgehead atoms. The number of aryl methyl sites for hydroxylation is 1. The van der Waals surface area contributed by atoms with Gasteiger partial charge in [0.2, 0.25) is 0 Å². The molecule has 0 aliphatic heterocycles. The zero-order chi connectivity index (χ0) is 26.5. The minimum Gasteiger partial charge on any atom is -0.489 e. The lowest BCUT2D eigenvalue weighted by molar-refractivity contribution is -0.139. The number of esters is 1. The average molecular weight is 511 g/mol. The molecule has 3 N–H and O–H groups in total. The Morgan fingerprint density at radius 3 is 2.71 bits per heavy atom. The van der Waals surface area contributed by atoms with E-state index in [0.717, 1.165) is 50.4 Å². The number of anilines is 1. The van der Waals surface area contributed by atoms with E-state index in [9.17, 15) is 4.79 Å². The molecule has 0 saturated heterocycles. The molecule has 0 atom stereocenters. The van der Waals surface area contributed by atoms with Crippen molar-refractivity contribution in [2.24, 2.45) is 12.8 Å². The van der Waals surface area contributed by atoms with Crippen LogP contribution in [0.15, 0.2) is 83.4 Å². The summed E-state index contributed by atoms with van der Waals surface area (Å²) in [5.74, 6) is 1.92. The summed E-state index contributed by atoms with van der Waals surface area (Å²) in [5, 5.41) is 8.64. The van der Waals surface area contributed by atoms with Crippen LogP contribution in [0.2, 0.25) is 0 Å². The van der Waals surface area contributed by atoms with Gasteiger partial charge in [-0.05, 0) is 47.0 Å². The Labute approximate surface area is 221 Å². The van der Waals surface area contributed by atoms with Crippen LogP contribution in [0.25, 0.3) is 22.1 Å². The van der Waals surface area contributed by atoms with Crippen molar-refractivity contribution in [1.82, 2.24) is 9.78 Å². The van der Waals surface area contributed by atoms with Gasteiger partial charge in [-0.15, -0.1) is 0 Å². The van der Waals surface area contributed by atoms with E-state index in [0.29, 0.717) is 25.4 Å². The molecule has 5 aromatic rings. The summed E-state index contributed by atoms with van der Waals surface area (Å²) in [5.41, 5.74) is 11.5. The third kappa shape index (κ3) is 5.71. The molecule has 5 rings (SSSR count). The Balaban J connectivity index is 1.47. The van der Waals surface area contributed by atoms with Gasteiger partial charge in [-0.1, -0.05) is 36.4 Å². The number of nitrogens with zero attached hydrogens (tertiary/aromatic N) is 2. The number of furan rings is 1. The fourth-order valence-corrected chi connectivity index (χ4v) is 4.39. The zero-order valence-corrected chi connectivity index (χ0v) is 21.4. The van der Waals surface area contributed by atoms with Gasteiger partial charge in [-0.2, -0.15) is 5.10 Å². The molecule has 0 aliphatic carbocycles. The first-order valence-electron chi connectivity index (χ1n) is 12.4. The van der Waals surface area contributed by atoms with Crippen molar-refractivity contribution >= 4 is 22.8 Å². The number of rotatable bonds is 10. The number of hydrogen-bond acceptors (Lipinski definition) is 7. The van der Waals surface area contributed by atoms with Crippen LogP contribution in [0.5, 0.6) is 5.75 Å². The van der Waals surface area contributed by atoms with Crippen LogP contribution in [0.3, 0.4) is 0 Å². The van der Waals surface area contributed by atoms with Crippen LogP contribution in [0.4, 0.5) is 5.82 Å². The predicted octanol–water partition coefficient (Wildman–Crippen LogP) is 5.20. The normalized spacial score (nSPS) is 11.0. The number of nitrogens with one attached hydrogen (secondary N) is 1. The Morgan fingerprint density at radius 1 is 1.05 bits per heavy atom. The molecule has 0 unspecified atom stereocenters. The van der Waals surface area contributed by atoms with Crippen LogP contribution in [-0.2, 0) is 42.7 Å². The highest BCUT2D eigenvalue weighted by atomic mass is 16.5. The van der Waals surface area contributed by atoms with E-state index in [1.54, 1.807) is 4.68 Å². The average Bonchev–Trinajstić information content (AvgIpc) is 3.56. The van der Waals surface area contributed by atoms with E-state index in [2.05, 4.69) is 34.7 Å². The van der Waals surface area contributed by atoms with Gasteiger partial charge >= 0.3 is 5.97 Å². The Morgan fingerprint density at radius 2 is 1.92 bits per heavy atom. The molecule has 0 saturated carbocycles. The van der Waals surface area contributed by atoms with E-state index in [1.165, 1.54) is 7.11 Å². The van der Waals surface area contributed by atoms with E-state index >= 15 is 0 Å². The van der Waals surface area contributed by atoms with Gasteiger partial charge in [0.15, 0.2) is 0 Å². The lowest BCUT2D eigenvalue weighted by Crippen LogP contribution is -2.06. The van der Waals surface area contributed by atoms with E-state index in [1.807, 2.05) is 61.8 Å². The largest absolute Gasteiger partial charge is 0.489 e. The maximum Gasteiger partial charge on any atom is 0.310 e. The summed E-state index contributed by atoms with van der Waals surface area (Å²) in [6.45, 7) is 1.28. The lowest BCUT2D eigenvalue weighted by Gasteiger charge is -2.12. The van der Waals surface area contributed by atoms with Crippen molar-refractivity contribution in [3.63, 3.8) is 0 Å². The number of benzene rings is 3. The van der Waals surface area contributed by atoms with Crippen molar-refractivity contribution in [1.29, 1.82) is 0 Å². The number of carbonyl (C=O) groups is 1. The Kier molecular flexibility index (Phi) is 7.42. The maximum atomic E-state index is 11.8. The molecule has 194 valence electrons. The van der Waals surface area contributed by atoms with Crippen LogP contribution in [-0.4, -0.2) is 22.9 Å². The summed E-state index contributed by atoms with van der Waals surface area (Å²) in [6.07, 6.45) is 2.04. The minimum absolute atomic E-state index is 0.150. The van der Waals surface area contributed by atoms with Gasteiger partial charge in [-0.3, -0.25) is 9.48 Å². The summed E-state index contributed by atoms with van der Waals surface area (Å²) in [6, 6.07) is 23.8. The molecule has 38 heavy (non-hydrogen) atoms. The van der Waals surface area contributed by atoms with Gasteiger partial charge in [0, 0.05) is 42.4 Å². The topological polar surface area (TPSA) is 105 Å². The fourth-order valence-electron chi connectivity index (χ4n) is 4.39. The summed E-state index contributed by atoms with van der Waals surface area (Å²) in [4.78, 5) is 11.8. The Bertz CT molecular complexity index is 1570. The second kappa shape index (κ2) is 11.2. The third-order valence-corrected chi connectivity index (χ3v) is 6.29. The highest BCUT2D eigenvalue weighted by Crippen LogP contribution is 2.34. The molecular formula is C30H30N4O4. The maximum absolute atomic E-state index is 11.8. The molecule has 0 fully saturated rings. The monoisotopic (exact) mass is 510 g/mol. The van der Waals surface area contributed by atoms with Gasteiger partial charge < -0.3 is 24.9 Å². The van der Waals surface area contributed by atoms with E-state index < -0.39 is 0 Å². The van der Waals surface area contributed by atoms with Gasteiger partial charge in [0.05, 0.1) is 20.1 Å². The SMILES string of the molecule is COC(=O)Cc1ccccc1OCc1cc(-c2cccc(CN)c2)c2oc(CNc3ccn(C)n3)cc2c1. The molecule has 2 aromatic heterocycles. The van der Waals surface area contributed by atoms with Crippen molar-refractivity contribution in [2.75, 3.05) is 12.4 Å². The predicted molar refractivity (Wildman–Crippen MR) is 147 cm³/mol. The third-order valence-electron chi connectivity index (χ3n) is 6.29. The van der Waals surface area contributed by atoms with Gasteiger partial charge in [0.1, 0.15) is 29.5 Å². The molecule has 0 aliphatic rings. The number of aromatic nitrogens is 2. The van der Waals surface area contributed by atoms with Crippen LogP contribution < -0.4 is 15.8 Å². The molecule has 8 nitrogen and oxygen atoms in total. The molecule has 0 radical (unpaired) electrons. The van der Waals surface area contributed by atoms with Crippen molar-refractivity contribution in [3.8, 4) is 16.9 Å². The smallest absolute Gasteiger partial charge is 0.310 e. The quantitative estimate of drug-likeness (QED) is 0.249. The Hall–Kier alpha value is -4.56. The van der Waals surface area contributed by atoms with Crippen LogP contribution >= 0.6 is 0 Å². The molecule has 8 heteroatoms. The first-order valence-corrected chi connectivity index (χ1v) is 12.4. The molecule has 2 heterocycles. The molecule has 0 amide bonds. The number of hydrogen-bond donors (Lipinski definition) is 2. The first-order chi connectivity index (χ1) is 18.5. The first kappa shape index (κ1) is 25.1. The van der Waals surface area contributed by atoms with Crippen LogP contribution in [0, 0.1) is 0 Å². The van der Waals surface area contributed by atoms with Gasteiger partial charge in [0.25, 0.3) is 0 Å². The number of nitrogens with two attached hydrogens (primary N) is 1. The highest BCUT2D eigenvalue weighted by Gasteiger charge is 2.15. The molecule has 3 aromatic carbocycles. The highest BCUT2D eigenvalue weighted by molar-refractivity contribution is 5.93. The number of carbonyl (C=O) groups excluding carboxylic acids is 1. The summed E-state index contributed by atoms with van der Waals surface area (Å²) >= 11 is 0. The van der Waals surface area contributed by atoms with Crippen molar-refractivity contribution < 1.29 is 18.7 Å². The zero-order valence-electron chi connectivity index (χ0n) is 21.4. The van der Waals surface area contributed by atoms with E-state index in [-0.39, 0.29) is 12.4 Å². The van der Waals surface area contributed by atoms with Gasteiger partial charge in [-0.25, -0.2) is 0 Å². The second-order valence-electron chi connectivity index (χ2n) is 9.06. The van der Waals surface area contributed by atoms with E-state index in [4.69, 9.17) is 19.6 Å². The number of methoxy groups -OCH3 is 1. The number of para-hydroxylation sites is 1. The molecular weight excluding hydrogens is 480 g/mol. The van der Waals surface area contributed by atoms with Crippen molar-refractivity contribution in [2.45, 2.75) is 26.1 Å². The second-order valence-corrected chi connectivity index (χ2v) is 9.06. The number of ether oxygens (including phenoxy) is 2. The number of fused-ring (bicyclic) bond motifs is 1. The van der Waals surface area contributed by atoms with Crippen LogP contribution in [0.1, 0.15) is 22.5 Å². The summed E-state index contributed by atoms with van der Waals surface area (Å²) < 4.78 is 19.1. The summed E-state index contributed by atoms with van der Waals surface area (Å²) in [7, 11) is 3.26. The lowest BCUT2D eigenvalue weighted by atomic mass is 9.99. The van der Waals surface area contributed by atoms with Crippen molar-refractivity contribution in [3.05, 3.63) is 101 Å². The molecule has 0 spiro atoms. The standard InChI is InChI=1S/C30H30N4O4/c1-34-11-10-28(33-34)32-18-25-15-24-13-21(19-37-27-9-4-3-7-23(27)16-29(35)36-2)14-26(30(24)38-25)22-8-5-6-20(12-22)17-31/h3-15H,16-19,31H2,1-2H3,(H,32,33). The minimum atomic E-state index is -0.310.